The van der Waals surface area contributed by atoms with Crippen molar-refractivity contribution < 1.29 is 14.6 Å². The third-order valence-corrected chi connectivity index (χ3v) is 2.58. The molecule has 4 nitrogen and oxygen atoms in total. The van der Waals surface area contributed by atoms with Gasteiger partial charge in [0.05, 0.1) is 12.7 Å². The lowest BCUT2D eigenvalue weighted by molar-refractivity contribution is 0.0994. The average molecular weight is 217 g/mol. The molecule has 90 valence electrons. The normalized spacial score (nSPS) is 18.0. The molecule has 0 aromatic rings. The third-order valence-electron chi connectivity index (χ3n) is 2.58. The molecule has 15 heavy (non-hydrogen) atoms. The first-order valence-corrected chi connectivity index (χ1v) is 5.80. The number of rotatable bonds is 10. The predicted octanol–water partition coefficient (Wildman–Crippen LogP) is 0.400. The minimum atomic E-state index is -0.154. The van der Waals surface area contributed by atoms with Crippen LogP contribution in [0.1, 0.15) is 19.3 Å². The fourth-order valence-electron chi connectivity index (χ4n) is 1.45. The maximum absolute atomic E-state index is 9.54. The van der Waals surface area contributed by atoms with Crippen molar-refractivity contribution in [2.45, 2.75) is 25.4 Å². The summed E-state index contributed by atoms with van der Waals surface area (Å²) in [6, 6.07) is 0. The van der Waals surface area contributed by atoms with E-state index in [4.69, 9.17) is 9.47 Å². The fraction of sp³-hybridized carbons (Fsp3) is 1.00. The summed E-state index contributed by atoms with van der Waals surface area (Å²) >= 11 is 0. The number of nitrogens with one attached hydrogen (secondary N) is 1. The van der Waals surface area contributed by atoms with Crippen molar-refractivity contribution in [3.05, 3.63) is 0 Å². The second-order valence-corrected chi connectivity index (χ2v) is 4.07. The van der Waals surface area contributed by atoms with Gasteiger partial charge < -0.3 is 19.9 Å². The summed E-state index contributed by atoms with van der Waals surface area (Å²) in [4.78, 5) is 0. The predicted molar refractivity (Wildman–Crippen MR) is 58.9 cm³/mol. The lowest BCUT2D eigenvalue weighted by Crippen LogP contribution is -2.30. The molecule has 0 bridgehead atoms. The Hall–Kier alpha value is -0.160. The maximum Gasteiger partial charge on any atom is 0.0692 e. The van der Waals surface area contributed by atoms with Crippen LogP contribution in [-0.4, -0.2) is 51.2 Å². The molecular weight excluding hydrogens is 194 g/mol. The highest BCUT2D eigenvalue weighted by Gasteiger charge is 2.28. The average Bonchev–Trinajstić information content (AvgIpc) is 3.05. The van der Waals surface area contributed by atoms with E-state index < -0.39 is 0 Å². The number of methoxy groups -OCH3 is 1. The monoisotopic (exact) mass is 217 g/mol. The number of aliphatic hydroxyl groups excluding tert-OH is 1. The van der Waals surface area contributed by atoms with Gasteiger partial charge in [-0.15, -0.1) is 0 Å². The molecule has 0 aliphatic heterocycles. The van der Waals surface area contributed by atoms with Crippen LogP contribution in [0.25, 0.3) is 0 Å². The van der Waals surface area contributed by atoms with Gasteiger partial charge in [0.1, 0.15) is 0 Å². The van der Waals surface area contributed by atoms with Crippen LogP contribution in [0, 0.1) is 5.92 Å². The number of hydrogen-bond acceptors (Lipinski definition) is 4. The van der Waals surface area contributed by atoms with E-state index in [-0.39, 0.29) is 6.10 Å². The summed E-state index contributed by atoms with van der Waals surface area (Å²) in [5, 5.41) is 12.7. The van der Waals surface area contributed by atoms with E-state index in [1.165, 1.54) is 12.8 Å². The topological polar surface area (TPSA) is 50.7 Å². The largest absolute Gasteiger partial charge is 0.392 e. The molecule has 0 saturated heterocycles. The summed E-state index contributed by atoms with van der Waals surface area (Å²) in [7, 11) is 1.70. The first-order valence-electron chi connectivity index (χ1n) is 5.80. The summed E-state index contributed by atoms with van der Waals surface area (Å²) in [5.41, 5.74) is 0. The third kappa shape index (κ3) is 6.84. The Bertz CT molecular complexity index is 151. The Morgan fingerprint density at radius 3 is 2.80 bits per heavy atom. The highest BCUT2D eigenvalue weighted by atomic mass is 16.5. The van der Waals surface area contributed by atoms with Crippen molar-refractivity contribution in [1.29, 1.82) is 0 Å². The molecule has 1 aliphatic carbocycles. The Morgan fingerprint density at radius 2 is 2.13 bits per heavy atom. The molecule has 0 spiro atoms. The molecule has 2 N–H and O–H groups in total. The molecule has 1 unspecified atom stereocenters. The van der Waals surface area contributed by atoms with Gasteiger partial charge >= 0.3 is 0 Å². The Morgan fingerprint density at radius 1 is 1.33 bits per heavy atom. The van der Waals surface area contributed by atoms with Gasteiger partial charge in [-0.1, -0.05) is 0 Å². The van der Waals surface area contributed by atoms with Crippen LogP contribution in [0.5, 0.6) is 0 Å². The van der Waals surface area contributed by atoms with Gasteiger partial charge in [0.2, 0.25) is 0 Å². The van der Waals surface area contributed by atoms with Crippen molar-refractivity contribution in [3.63, 3.8) is 0 Å². The van der Waals surface area contributed by atoms with Crippen molar-refractivity contribution >= 4 is 0 Å². The van der Waals surface area contributed by atoms with Crippen LogP contribution in [-0.2, 0) is 9.47 Å². The van der Waals surface area contributed by atoms with Gasteiger partial charge in [0.15, 0.2) is 0 Å². The van der Waals surface area contributed by atoms with E-state index in [1.54, 1.807) is 7.11 Å². The zero-order valence-corrected chi connectivity index (χ0v) is 9.58. The van der Waals surface area contributed by atoms with Crippen LogP contribution in [0.2, 0.25) is 0 Å². The first kappa shape index (κ1) is 12.9. The van der Waals surface area contributed by atoms with Crippen LogP contribution in [0.15, 0.2) is 0 Å². The van der Waals surface area contributed by atoms with Gasteiger partial charge in [-0.3, -0.25) is 0 Å². The van der Waals surface area contributed by atoms with E-state index in [0.29, 0.717) is 19.1 Å². The molecule has 1 saturated carbocycles. The standard InChI is InChI=1S/C11H23NO3/c1-14-6-2-7-15-8-5-12-9-11(13)10-3-4-10/h10-13H,2-9H2,1H3. The molecule has 4 heteroatoms. The Labute approximate surface area is 92.0 Å². The summed E-state index contributed by atoms with van der Waals surface area (Å²) in [6.07, 6.45) is 3.17. The molecule has 0 radical (unpaired) electrons. The lowest BCUT2D eigenvalue weighted by Gasteiger charge is -2.10. The number of aliphatic hydroxyl groups is 1. The molecule has 1 atom stereocenters. The molecule has 0 heterocycles. The second-order valence-electron chi connectivity index (χ2n) is 4.07. The molecule has 1 fully saturated rings. The molecule has 1 aliphatic rings. The van der Waals surface area contributed by atoms with E-state index in [2.05, 4.69) is 5.32 Å². The molecule has 0 amide bonds. The van der Waals surface area contributed by atoms with Crippen molar-refractivity contribution in [1.82, 2.24) is 5.32 Å². The number of hydrogen-bond donors (Lipinski definition) is 2. The van der Waals surface area contributed by atoms with Crippen molar-refractivity contribution in [2.75, 3.05) is 40.0 Å². The summed E-state index contributed by atoms with van der Waals surface area (Å²) < 4.78 is 10.3. The van der Waals surface area contributed by atoms with Gasteiger partial charge in [-0.05, 0) is 25.2 Å². The Kier molecular flexibility index (Phi) is 6.92. The highest BCUT2D eigenvalue weighted by molar-refractivity contribution is 4.81. The lowest BCUT2D eigenvalue weighted by atomic mass is 10.2. The zero-order chi connectivity index (χ0) is 10.9. The van der Waals surface area contributed by atoms with E-state index in [1.807, 2.05) is 0 Å². The van der Waals surface area contributed by atoms with Gasteiger partial charge in [-0.25, -0.2) is 0 Å². The van der Waals surface area contributed by atoms with Crippen molar-refractivity contribution in [2.24, 2.45) is 5.92 Å². The molecular formula is C11H23NO3. The van der Waals surface area contributed by atoms with E-state index in [0.717, 1.165) is 26.2 Å². The summed E-state index contributed by atoms with van der Waals surface area (Å²) in [5.74, 6) is 0.556. The van der Waals surface area contributed by atoms with E-state index in [9.17, 15) is 5.11 Å². The zero-order valence-electron chi connectivity index (χ0n) is 9.58. The van der Waals surface area contributed by atoms with Crippen LogP contribution in [0.4, 0.5) is 0 Å². The second kappa shape index (κ2) is 8.05. The van der Waals surface area contributed by atoms with Crippen LogP contribution < -0.4 is 5.32 Å². The van der Waals surface area contributed by atoms with E-state index >= 15 is 0 Å². The van der Waals surface area contributed by atoms with Crippen LogP contribution >= 0.6 is 0 Å². The summed E-state index contributed by atoms with van der Waals surface area (Å²) in [6.45, 7) is 3.73. The minimum Gasteiger partial charge on any atom is -0.392 e. The molecule has 0 aromatic heterocycles. The molecule has 0 aromatic carbocycles. The van der Waals surface area contributed by atoms with Gasteiger partial charge in [-0.2, -0.15) is 0 Å². The smallest absolute Gasteiger partial charge is 0.0692 e. The quantitative estimate of drug-likeness (QED) is 0.520. The molecule has 1 rings (SSSR count). The Balaban J connectivity index is 1.72. The van der Waals surface area contributed by atoms with Gasteiger partial charge in [0.25, 0.3) is 0 Å². The first-order chi connectivity index (χ1) is 7.34. The fourth-order valence-corrected chi connectivity index (χ4v) is 1.45. The van der Waals surface area contributed by atoms with Crippen LogP contribution in [0.3, 0.4) is 0 Å². The highest BCUT2D eigenvalue weighted by Crippen LogP contribution is 2.32. The SMILES string of the molecule is COCCCOCCNCC(O)C1CC1. The number of ether oxygens (including phenoxy) is 2. The maximum atomic E-state index is 9.54. The minimum absolute atomic E-state index is 0.154. The van der Waals surface area contributed by atoms with Crippen molar-refractivity contribution in [3.8, 4) is 0 Å². The van der Waals surface area contributed by atoms with Gasteiger partial charge in [0, 0.05) is 33.4 Å².